The number of aliphatic hydroxyl groups excluding tert-OH is 1. The molecular formula is C22H55IN2O5Si4. The van der Waals surface area contributed by atoms with Crippen molar-refractivity contribution in [1.29, 1.82) is 0 Å². The van der Waals surface area contributed by atoms with Crippen molar-refractivity contribution in [1.82, 2.24) is 5.32 Å². The van der Waals surface area contributed by atoms with Crippen LogP contribution in [0.15, 0.2) is 0 Å². The van der Waals surface area contributed by atoms with E-state index < -0.39 is 33.8 Å². The largest absolute Gasteiger partial charge is 1.00 e. The fourth-order valence-electron chi connectivity index (χ4n) is 3.62. The first-order chi connectivity index (χ1) is 14.8. The van der Waals surface area contributed by atoms with Crippen molar-refractivity contribution in [3.8, 4) is 0 Å². The van der Waals surface area contributed by atoms with Crippen molar-refractivity contribution < 1.29 is 50.7 Å². The lowest BCUT2D eigenvalue weighted by molar-refractivity contribution is -0.890. The smallest absolute Gasteiger partial charge is 0.469 e. The fourth-order valence-corrected chi connectivity index (χ4v) is 18.3. The summed E-state index contributed by atoms with van der Waals surface area (Å²) in [6.45, 7) is 22.4. The summed E-state index contributed by atoms with van der Waals surface area (Å²) in [6.07, 6.45) is 4.39. The van der Waals surface area contributed by atoms with Gasteiger partial charge in [-0.05, 0) is 84.6 Å². The van der Waals surface area contributed by atoms with Crippen molar-refractivity contribution >= 4 is 39.7 Å². The summed E-state index contributed by atoms with van der Waals surface area (Å²) < 4.78 is 20.9. The maximum absolute atomic E-state index is 12.3. The Morgan fingerprint density at radius 3 is 1.65 bits per heavy atom. The Morgan fingerprint density at radius 1 is 0.765 bits per heavy atom. The summed E-state index contributed by atoms with van der Waals surface area (Å²) in [4.78, 5) is 12.3. The molecule has 0 aliphatic carbocycles. The highest BCUT2D eigenvalue weighted by molar-refractivity contribution is 6.90. The maximum Gasteiger partial charge on any atom is 0.469 e. The summed E-state index contributed by atoms with van der Waals surface area (Å²) in [5.74, 6) is 0.120. The number of aliphatic hydroxyl groups is 1. The van der Waals surface area contributed by atoms with Crippen LogP contribution in [0, 0.1) is 0 Å². The lowest BCUT2D eigenvalue weighted by atomic mass is 10.1. The number of carbonyl (C=O) groups excluding carboxylic acids is 1. The molecule has 2 N–H and O–H groups in total. The predicted octanol–water partition coefficient (Wildman–Crippen LogP) is 1.62. The number of rotatable bonds is 18. The molecule has 0 aliphatic rings. The number of nitrogens with zero attached hydrogens (tertiary/aromatic N) is 1. The molecule has 0 atom stereocenters. The highest BCUT2D eigenvalue weighted by atomic mass is 127. The van der Waals surface area contributed by atoms with Crippen LogP contribution >= 0.6 is 0 Å². The van der Waals surface area contributed by atoms with Gasteiger partial charge in [-0.2, -0.15) is 0 Å². The molecule has 0 unspecified atom stereocenters. The molecule has 0 aliphatic heterocycles. The quantitative estimate of drug-likeness (QED) is 0.101. The second kappa shape index (κ2) is 16.0. The standard InChI is InChI=1S/C22H54N2O5Si4.HI/c1-24(2,19-20-25)18-14-12-13-16-22(26)23-17-15-21-33(27-30(3,4)5,28-31(6,7)8)29-32(9,10)11;/h25H,12-21H2,1-11H3;1H. The second-order valence-corrected chi connectivity index (χ2v) is 29.7. The number of amides is 1. The average molecular weight is 667 g/mol. The van der Waals surface area contributed by atoms with Crippen molar-refractivity contribution in [3.63, 3.8) is 0 Å². The zero-order chi connectivity index (χ0) is 26.0. The number of halogens is 1. The van der Waals surface area contributed by atoms with E-state index in [4.69, 9.17) is 17.5 Å². The molecule has 0 saturated carbocycles. The Kier molecular flexibility index (Phi) is 17.4. The first kappa shape index (κ1) is 37.0. The number of likely N-dealkylation sites (N-methyl/N-ethyl adjacent to an activating group) is 1. The van der Waals surface area contributed by atoms with E-state index in [1.165, 1.54) is 0 Å². The van der Waals surface area contributed by atoms with Gasteiger partial charge in [-0.3, -0.25) is 4.79 Å². The van der Waals surface area contributed by atoms with Crippen molar-refractivity contribution in [2.45, 2.75) is 97.1 Å². The lowest BCUT2D eigenvalue weighted by Gasteiger charge is -2.43. The average Bonchev–Trinajstić information content (AvgIpc) is 2.53. The van der Waals surface area contributed by atoms with Gasteiger partial charge in [0.25, 0.3) is 0 Å². The first-order valence-corrected chi connectivity index (χ1v) is 24.7. The van der Waals surface area contributed by atoms with Gasteiger partial charge in [0, 0.05) is 19.0 Å². The molecule has 0 spiro atoms. The number of nitrogens with one attached hydrogen (secondary N) is 1. The van der Waals surface area contributed by atoms with Crippen LogP contribution in [0.25, 0.3) is 0 Å². The van der Waals surface area contributed by atoms with Crippen LogP contribution in [-0.4, -0.2) is 89.6 Å². The van der Waals surface area contributed by atoms with Gasteiger partial charge in [0.05, 0.1) is 27.2 Å². The summed E-state index contributed by atoms with van der Waals surface area (Å²) in [5.41, 5.74) is 0. The van der Waals surface area contributed by atoms with E-state index in [9.17, 15) is 4.79 Å². The number of hydrogen-bond donors (Lipinski definition) is 2. The summed E-state index contributed by atoms with van der Waals surface area (Å²) >= 11 is 0. The molecule has 0 radical (unpaired) electrons. The zero-order valence-corrected chi connectivity index (χ0v) is 30.1. The molecule has 206 valence electrons. The third-order valence-corrected chi connectivity index (χ3v) is 16.8. The second-order valence-electron chi connectivity index (χ2n) is 12.7. The molecular weight excluding hydrogens is 611 g/mol. The van der Waals surface area contributed by atoms with Crippen molar-refractivity contribution in [2.24, 2.45) is 0 Å². The van der Waals surface area contributed by atoms with Gasteiger partial charge >= 0.3 is 8.80 Å². The molecule has 0 aromatic heterocycles. The third-order valence-electron chi connectivity index (χ3n) is 4.74. The molecule has 34 heavy (non-hydrogen) atoms. The lowest BCUT2D eigenvalue weighted by Crippen LogP contribution is -3.00. The van der Waals surface area contributed by atoms with Gasteiger partial charge in [0.15, 0.2) is 25.0 Å². The summed E-state index contributed by atoms with van der Waals surface area (Å²) in [6, 6.07) is 0.754. The molecule has 1 amide bonds. The van der Waals surface area contributed by atoms with Crippen molar-refractivity contribution in [3.05, 3.63) is 0 Å². The van der Waals surface area contributed by atoms with E-state index in [1.807, 2.05) is 0 Å². The van der Waals surface area contributed by atoms with Crippen LogP contribution in [0.4, 0.5) is 0 Å². The number of carbonyl (C=O) groups is 1. The molecule has 0 aromatic rings. The topological polar surface area (TPSA) is 77.0 Å². The van der Waals surface area contributed by atoms with Gasteiger partial charge < -0.3 is 51.2 Å². The summed E-state index contributed by atoms with van der Waals surface area (Å²) in [5, 5.41) is 12.2. The van der Waals surface area contributed by atoms with E-state index in [-0.39, 0.29) is 36.5 Å². The molecule has 0 bridgehead atoms. The van der Waals surface area contributed by atoms with Crippen LogP contribution in [0.2, 0.25) is 65.0 Å². The molecule has 0 fully saturated rings. The highest BCUT2D eigenvalue weighted by Crippen LogP contribution is 2.29. The Morgan fingerprint density at radius 2 is 1.24 bits per heavy atom. The zero-order valence-electron chi connectivity index (χ0n) is 24.0. The molecule has 0 rings (SSSR count). The van der Waals surface area contributed by atoms with Gasteiger partial charge in [0.2, 0.25) is 5.91 Å². The molecule has 7 nitrogen and oxygen atoms in total. The Bertz CT molecular complexity index is 538. The monoisotopic (exact) mass is 666 g/mol. The predicted molar refractivity (Wildman–Crippen MR) is 149 cm³/mol. The van der Waals surface area contributed by atoms with E-state index in [1.54, 1.807) is 0 Å². The summed E-state index contributed by atoms with van der Waals surface area (Å²) in [7, 11) is -4.15. The van der Waals surface area contributed by atoms with E-state index in [0.29, 0.717) is 13.0 Å². The van der Waals surface area contributed by atoms with Crippen LogP contribution in [0.5, 0.6) is 0 Å². The highest BCUT2D eigenvalue weighted by Gasteiger charge is 2.49. The van der Waals surface area contributed by atoms with Crippen LogP contribution in [-0.2, 0) is 17.1 Å². The minimum absolute atomic E-state index is 0. The van der Waals surface area contributed by atoms with E-state index in [0.717, 1.165) is 49.3 Å². The first-order valence-electron chi connectivity index (χ1n) is 12.6. The Hall–Kier alpha value is 0.868. The molecule has 0 aromatic carbocycles. The number of quaternary nitrogens is 1. The van der Waals surface area contributed by atoms with Gasteiger partial charge in [-0.25, -0.2) is 0 Å². The third kappa shape index (κ3) is 21.0. The molecule has 0 heterocycles. The fraction of sp³-hybridized carbons (Fsp3) is 0.955. The maximum atomic E-state index is 12.3. The van der Waals surface area contributed by atoms with Crippen LogP contribution < -0.4 is 29.3 Å². The minimum Gasteiger partial charge on any atom is -1.00 e. The minimum atomic E-state index is -2.82. The number of hydrogen-bond acceptors (Lipinski definition) is 5. The normalized spacial score (nSPS) is 13.5. The Balaban J connectivity index is 0. The Labute approximate surface area is 232 Å². The van der Waals surface area contributed by atoms with E-state index >= 15 is 0 Å². The molecule has 0 saturated heterocycles. The molecule has 12 heteroatoms. The number of unbranched alkanes of at least 4 members (excludes halogenated alkanes) is 2. The van der Waals surface area contributed by atoms with Gasteiger partial charge in [0.1, 0.15) is 6.54 Å². The van der Waals surface area contributed by atoms with Crippen LogP contribution in [0.1, 0.15) is 32.1 Å². The van der Waals surface area contributed by atoms with Crippen LogP contribution in [0.3, 0.4) is 0 Å². The SMILES string of the molecule is C[N+](C)(CCO)CCCCCC(=O)NCCC[Si](O[Si](C)(C)C)(O[Si](C)(C)C)O[Si](C)(C)C.[I-]. The van der Waals surface area contributed by atoms with Crippen molar-refractivity contribution in [2.75, 3.05) is 40.3 Å². The van der Waals surface area contributed by atoms with Gasteiger partial charge in [-0.15, -0.1) is 0 Å². The van der Waals surface area contributed by atoms with Gasteiger partial charge in [-0.1, -0.05) is 0 Å². The van der Waals surface area contributed by atoms with E-state index in [2.05, 4.69) is 78.3 Å².